The average Bonchev–Trinajstić information content (AvgIpc) is 3.66. The Balaban J connectivity index is 1.51. The molecule has 0 radical (unpaired) electrons. The van der Waals surface area contributed by atoms with Crippen LogP contribution in [0.3, 0.4) is 0 Å². The number of carbonyl (C=O) groups is 1. The van der Waals surface area contributed by atoms with Gasteiger partial charge in [-0.25, -0.2) is 13.8 Å². The molecule has 2 heterocycles. The Kier molecular flexibility index (Phi) is 6.51. The molecule has 2 aliphatic rings. The van der Waals surface area contributed by atoms with Gasteiger partial charge in [-0.2, -0.15) is 0 Å². The number of rotatable bonds is 7. The SMILES string of the molecule is CC(Nc1cc(F)cc(F)c1)c1cc(C(=O)NSC2CC2)cc2ncc(N3CCOCC3)nc12. The van der Waals surface area contributed by atoms with Crippen molar-refractivity contribution in [2.24, 2.45) is 0 Å². The maximum atomic E-state index is 13.7. The molecule has 3 aromatic rings. The molecule has 2 fully saturated rings. The second-order valence-electron chi connectivity index (χ2n) is 8.53. The van der Waals surface area contributed by atoms with Gasteiger partial charge in [-0.15, -0.1) is 0 Å². The second kappa shape index (κ2) is 9.71. The summed E-state index contributed by atoms with van der Waals surface area (Å²) in [5.74, 6) is -0.816. The van der Waals surface area contributed by atoms with Gasteiger partial charge >= 0.3 is 0 Å². The van der Waals surface area contributed by atoms with E-state index in [1.54, 1.807) is 18.3 Å². The highest BCUT2D eigenvalue weighted by Gasteiger charge is 2.24. The Morgan fingerprint density at radius 1 is 1.15 bits per heavy atom. The van der Waals surface area contributed by atoms with Crippen molar-refractivity contribution in [1.82, 2.24) is 14.7 Å². The molecule has 7 nitrogen and oxygen atoms in total. The number of aromatic nitrogens is 2. The van der Waals surface area contributed by atoms with Gasteiger partial charge in [0.1, 0.15) is 17.5 Å². The van der Waals surface area contributed by atoms with Gasteiger partial charge in [0, 0.05) is 41.2 Å². The molecule has 1 aliphatic heterocycles. The van der Waals surface area contributed by atoms with Crippen molar-refractivity contribution < 1.29 is 18.3 Å². The van der Waals surface area contributed by atoms with E-state index in [9.17, 15) is 13.6 Å². The van der Waals surface area contributed by atoms with Crippen molar-refractivity contribution in [3.05, 3.63) is 59.3 Å². The predicted octanol–water partition coefficient (Wildman–Crippen LogP) is 4.46. The van der Waals surface area contributed by atoms with Crippen LogP contribution in [0.4, 0.5) is 20.3 Å². The molecule has 10 heteroatoms. The van der Waals surface area contributed by atoms with Gasteiger partial charge in [-0.1, -0.05) is 0 Å². The fraction of sp³-hybridized carbons (Fsp3) is 0.375. The Morgan fingerprint density at radius 2 is 1.88 bits per heavy atom. The Bertz CT molecular complexity index is 1200. The topological polar surface area (TPSA) is 79.4 Å². The zero-order valence-electron chi connectivity index (χ0n) is 18.7. The molecule has 0 spiro atoms. The summed E-state index contributed by atoms with van der Waals surface area (Å²) in [7, 11) is 0. The highest BCUT2D eigenvalue weighted by molar-refractivity contribution is 7.98. The van der Waals surface area contributed by atoms with Crippen LogP contribution in [-0.4, -0.2) is 47.4 Å². The van der Waals surface area contributed by atoms with Crippen molar-refractivity contribution >= 4 is 40.4 Å². The zero-order chi connectivity index (χ0) is 23.7. The quantitative estimate of drug-likeness (QED) is 0.479. The Labute approximate surface area is 200 Å². The van der Waals surface area contributed by atoms with Gasteiger partial charge in [0.2, 0.25) is 0 Å². The number of benzene rings is 2. The number of nitrogens with zero attached hydrogens (tertiary/aromatic N) is 3. The lowest BCUT2D eigenvalue weighted by Crippen LogP contribution is -2.36. The lowest BCUT2D eigenvalue weighted by atomic mass is 10.0. The highest BCUT2D eigenvalue weighted by atomic mass is 32.2. The number of morpholine rings is 1. The van der Waals surface area contributed by atoms with E-state index in [0.29, 0.717) is 59.4 Å². The third-order valence-electron chi connectivity index (χ3n) is 5.82. The smallest absolute Gasteiger partial charge is 0.261 e. The monoisotopic (exact) mass is 485 g/mol. The van der Waals surface area contributed by atoms with Crippen LogP contribution in [0.15, 0.2) is 36.5 Å². The summed E-state index contributed by atoms with van der Waals surface area (Å²) in [6.07, 6.45) is 3.92. The van der Waals surface area contributed by atoms with Crippen LogP contribution in [0.2, 0.25) is 0 Å². The summed E-state index contributed by atoms with van der Waals surface area (Å²) in [5.41, 5.74) is 2.69. The number of anilines is 2. The molecule has 1 saturated heterocycles. The highest BCUT2D eigenvalue weighted by Crippen LogP contribution is 2.33. The molecule has 1 saturated carbocycles. The summed E-state index contributed by atoms with van der Waals surface area (Å²) in [4.78, 5) is 24.4. The van der Waals surface area contributed by atoms with Crippen LogP contribution < -0.4 is 14.9 Å². The normalized spacial score (nSPS) is 17.0. The first kappa shape index (κ1) is 22.8. The summed E-state index contributed by atoms with van der Waals surface area (Å²) < 4.78 is 35.8. The van der Waals surface area contributed by atoms with Crippen LogP contribution in [0, 0.1) is 11.6 Å². The number of nitrogens with one attached hydrogen (secondary N) is 2. The van der Waals surface area contributed by atoms with Crippen LogP contribution in [0.25, 0.3) is 11.0 Å². The van der Waals surface area contributed by atoms with E-state index in [2.05, 4.69) is 19.9 Å². The molecule has 178 valence electrons. The number of carbonyl (C=O) groups excluding carboxylic acids is 1. The van der Waals surface area contributed by atoms with Crippen molar-refractivity contribution in [1.29, 1.82) is 0 Å². The largest absolute Gasteiger partial charge is 0.378 e. The third kappa shape index (κ3) is 5.23. The van der Waals surface area contributed by atoms with Gasteiger partial charge in [-0.3, -0.25) is 14.5 Å². The van der Waals surface area contributed by atoms with Crippen LogP contribution in [0.5, 0.6) is 0 Å². The molecule has 1 atom stereocenters. The number of fused-ring (bicyclic) bond motifs is 1. The van der Waals surface area contributed by atoms with E-state index >= 15 is 0 Å². The second-order valence-corrected chi connectivity index (χ2v) is 9.64. The Hall–Kier alpha value is -2.98. The Morgan fingerprint density at radius 3 is 2.59 bits per heavy atom. The minimum Gasteiger partial charge on any atom is -0.378 e. The minimum atomic E-state index is -0.667. The molecule has 2 N–H and O–H groups in total. The van der Waals surface area contributed by atoms with E-state index in [1.807, 2.05) is 6.92 Å². The molecule has 5 rings (SSSR count). The first-order valence-electron chi connectivity index (χ1n) is 11.3. The molecular weight excluding hydrogens is 460 g/mol. The standard InChI is InChI=1S/C24H25F2N5O2S/c1-14(28-18-11-16(25)10-17(26)12-18)20-8-15(24(32)30-34-19-2-3-19)9-21-23(20)29-22(13-27-21)31-4-6-33-7-5-31/h8-14,19,28H,2-7H2,1H3,(H,30,32). The molecule has 34 heavy (non-hydrogen) atoms. The molecule has 1 aromatic heterocycles. The van der Waals surface area contributed by atoms with E-state index < -0.39 is 17.7 Å². The summed E-state index contributed by atoms with van der Waals surface area (Å²) in [6.45, 7) is 4.53. The number of halogens is 2. The summed E-state index contributed by atoms with van der Waals surface area (Å²) in [5, 5.41) is 3.61. The maximum absolute atomic E-state index is 13.7. The first-order valence-corrected chi connectivity index (χ1v) is 12.2. The lowest BCUT2D eigenvalue weighted by Gasteiger charge is -2.28. The van der Waals surface area contributed by atoms with Crippen LogP contribution >= 0.6 is 11.9 Å². The molecule has 0 bridgehead atoms. The maximum Gasteiger partial charge on any atom is 0.261 e. The van der Waals surface area contributed by atoms with Gasteiger partial charge in [-0.05, 0) is 56.0 Å². The van der Waals surface area contributed by atoms with E-state index in [4.69, 9.17) is 9.72 Å². The van der Waals surface area contributed by atoms with Crippen LogP contribution in [0.1, 0.15) is 41.7 Å². The van der Waals surface area contributed by atoms with Gasteiger partial charge in [0.15, 0.2) is 0 Å². The molecular formula is C24H25F2N5O2S. The van der Waals surface area contributed by atoms with Crippen molar-refractivity contribution in [2.75, 3.05) is 36.5 Å². The number of ether oxygens (including phenoxy) is 1. The van der Waals surface area contributed by atoms with Crippen molar-refractivity contribution in [2.45, 2.75) is 31.1 Å². The third-order valence-corrected chi connectivity index (χ3v) is 6.92. The fourth-order valence-corrected chi connectivity index (χ4v) is 4.65. The molecule has 2 aromatic carbocycles. The summed E-state index contributed by atoms with van der Waals surface area (Å²) >= 11 is 1.44. The summed E-state index contributed by atoms with van der Waals surface area (Å²) in [6, 6.07) is 6.39. The van der Waals surface area contributed by atoms with Crippen molar-refractivity contribution in [3.63, 3.8) is 0 Å². The van der Waals surface area contributed by atoms with Gasteiger partial charge in [0.25, 0.3) is 5.91 Å². The number of amides is 1. The number of hydrogen-bond donors (Lipinski definition) is 2. The van der Waals surface area contributed by atoms with Crippen molar-refractivity contribution in [3.8, 4) is 0 Å². The number of hydrogen-bond acceptors (Lipinski definition) is 7. The molecule has 1 amide bonds. The minimum absolute atomic E-state index is 0.205. The zero-order valence-corrected chi connectivity index (χ0v) is 19.5. The molecule has 1 aliphatic carbocycles. The van der Waals surface area contributed by atoms with E-state index in [1.165, 1.54) is 24.1 Å². The fourth-order valence-electron chi connectivity index (χ4n) is 3.88. The van der Waals surface area contributed by atoms with Gasteiger partial charge < -0.3 is 15.0 Å². The molecule has 1 unspecified atom stereocenters. The first-order chi connectivity index (χ1) is 16.5. The predicted molar refractivity (Wildman–Crippen MR) is 129 cm³/mol. The average molecular weight is 486 g/mol. The van der Waals surface area contributed by atoms with Gasteiger partial charge in [0.05, 0.1) is 36.5 Å². The lowest BCUT2D eigenvalue weighted by molar-refractivity contribution is 0.0984. The van der Waals surface area contributed by atoms with E-state index in [-0.39, 0.29) is 5.91 Å². The van der Waals surface area contributed by atoms with E-state index in [0.717, 1.165) is 24.7 Å². The van der Waals surface area contributed by atoms with Crippen LogP contribution in [-0.2, 0) is 4.74 Å².